The maximum Gasteiger partial charge on any atom is 0.372 e. The van der Waals surface area contributed by atoms with Gasteiger partial charge >= 0.3 is 5.97 Å². The standard InChI is InChI=1S/C12H10BrClO3/c1-2-3-7-8-4-6(13)5-9(14)10(8)17-11(7)12(15)16/h4-5H,2-3H2,1H3,(H,15,16). The zero-order valence-corrected chi connectivity index (χ0v) is 11.4. The third-order valence-electron chi connectivity index (χ3n) is 2.51. The Bertz CT molecular complexity index is 589. The first-order valence-corrected chi connectivity index (χ1v) is 6.35. The molecule has 2 aromatic rings. The summed E-state index contributed by atoms with van der Waals surface area (Å²) in [7, 11) is 0. The van der Waals surface area contributed by atoms with Gasteiger partial charge in [0.05, 0.1) is 5.02 Å². The van der Waals surface area contributed by atoms with E-state index < -0.39 is 5.97 Å². The predicted molar refractivity (Wildman–Crippen MR) is 69.9 cm³/mol. The van der Waals surface area contributed by atoms with Gasteiger partial charge in [0.1, 0.15) is 0 Å². The Hall–Kier alpha value is -1.000. The summed E-state index contributed by atoms with van der Waals surface area (Å²) in [6, 6.07) is 3.52. The highest BCUT2D eigenvalue weighted by molar-refractivity contribution is 9.10. The fraction of sp³-hybridized carbons (Fsp3) is 0.250. The lowest BCUT2D eigenvalue weighted by atomic mass is 10.1. The van der Waals surface area contributed by atoms with Gasteiger partial charge in [-0.1, -0.05) is 40.9 Å². The van der Waals surface area contributed by atoms with Crippen LogP contribution in [0.2, 0.25) is 5.02 Å². The Morgan fingerprint density at radius 3 is 2.82 bits per heavy atom. The topological polar surface area (TPSA) is 50.4 Å². The molecule has 1 aromatic carbocycles. The molecule has 0 radical (unpaired) electrons. The molecule has 0 bridgehead atoms. The summed E-state index contributed by atoms with van der Waals surface area (Å²) in [6.45, 7) is 1.99. The van der Waals surface area contributed by atoms with Crippen LogP contribution in [0.3, 0.4) is 0 Å². The van der Waals surface area contributed by atoms with Crippen LogP contribution in [0, 0.1) is 0 Å². The quantitative estimate of drug-likeness (QED) is 0.906. The molecule has 1 aromatic heterocycles. The first-order chi connectivity index (χ1) is 8.04. The molecule has 0 aliphatic heterocycles. The largest absolute Gasteiger partial charge is 0.475 e. The first-order valence-electron chi connectivity index (χ1n) is 5.18. The number of carbonyl (C=O) groups is 1. The molecule has 3 nitrogen and oxygen atoms in total. The minimum Gasteiger partial charge on any atom is -0.475 e. The van der Waals surface area contributed by atoms with Crippen molar-refractivity contribution in [1.82, 2.24) is 0 Å². The summed E-state index contributed by atoms with van der Waals surface area (Å²) >= 11 is 9.38. The van der Waals surface area contributed by atoms with Crippen LogP contribution in [-0.4, -0.2) is 11.1 Å². The van der Waals surface area contributed by atoms with Gasteiger partial charge in [0.15, 0.2) is 5.58 Å². The van der Waals surface area contributed by atoms with E-state index in [4.69, 9.17) is 21.1 Å². The van der Waals surface area contributed by atoms with Gasteiger partial charge in [-0.2, -0.15) is 0 Å². The van der Waals surface area contributed by atoms with E-state index in [1.807, 2.05) is 13.0 Å². The first kappa shape index (κ1) is 12.5. The molecule has 2 rings (SSSR count). The molecular formula is C12H10BrClO3. The van der Waals surface area contributed by atoms with Crippen LogP contribution < -0.4 is 0 Å². The number of hydrogen-bond acceptors (Lipinski definition) is 2. The van der Waals surface area contributed by atoms with Gasteiger partial charge in [0, 0.05) is 15.4 Å². The van der Waals surface area contributed by atoms with Crippen molar-refractivity contribution in [1.29, 1.82) is 0 Å². The van der Waals surface area contributed by atoms with Crippen LogP contribution in [0.4, 0.5) is 0 Å². The Morgan fingerprint density at radius 1 is 1.53 bits per heavy atom. The zero-order chi connectivity index (χ0) is 12.6. The van der Waals surface area contributed by atoms with Crippen molar-refractivity contribution in [2.45, 2.75) is 19.8 Å². The van der Waals surface area contributed by atoms with E-state index in [1.165, 1.54) is 0 Å². The molecule has 0 amide bonds. The highest BCUT2D eigenvalue weighted by Crippen LogP contribution is 2.34. The second-order valence-corrected chi connectivity index (χ2v) is 5.05. The SMILES string of the molecule is CCCc1c(C(=O)O)oc2c(Cl)cc(Br)cc12. The maximum absolute atomic E-state index is 11.1. The number of carboxylic acids is 1. The average Bonchev–Trinajstić information content (AvgIpc) is 2.58. The lowest BCUT2D eigenvalue weighted by Gasteiger charge is -1.98. The van der Waals surface area contributed by atoms with E-state index in [2.05, 4.69) is 15.9 Å². The van der Waals surface area contributed by atoms with Gasteiger partial charge in [-0.05, 0) is 18.6 Å². The molecule has 17 heavy (non-hydrogen) atoms. The number of aromatic carboxylic acids is 1. The van der Waals surface area contributed by atoms with Crippen molar-refractivity contribution in [2.24, 2.45) is 0 Å². The molecule has 1 N–H and O–H groups in total. The molecule has 0 saturated carbocycles. The number of halogens is 2. The van der Waals surface area contributed by atoms with Crippen molar-refractivity contribution in [3.63, 3.8) is 0 Å². The third-order valence-corrected chi connectivity index (χ3v) is 3.24. The van der Waals surface area contributed by atoms with Gasteiger partial charge in [-0.25, -0.2) is 4.79 Å². The minimum atomic E-state index is -1.06. The molecule has 0 atom stereocenters. The molecule has 5 heteroatoms. The molecule has 0 unspecified atom stereocenters. The molecule has 0 saturated heterocycles. The van der Waals surface area contributed by atoms with Crippen molar-refractivity contribution in [2.75, 3.05) is 0 Å². The Kier molecular flexibility index (Phi) is 3.45. The van der Waals surface area contributed by atoms with Crippen molar-refractivity contribution in [3.8, 4) is 0 Å². The number of benzene rings is 1. The van der Waals surface area contributed by atoms with Crippen LogP contribution in [-0.2, 0) is 6.42 Å². The molecular weight excluding hydrogens is 307 g/mol. The van der Waals surface area contributed by atoms with Gasteiger partial charge in [-0.15, -0.1) is 0 Å². The highest BCUT2D eigenvalue weighted by Gasteiger charge is 2.21. The van der Waals surface area contributed by atoms with Gasteiger partial charge in [0.25, 0.3) is 0 Å². The average molecular weight is 318 g/mol. The number of fused-ring (bicyclic) bond motifs is 1. The van der Waals surface area contributed by atoms with E-state index >= 15 is 0 Å². The smallest absolute Gasteiger partial charge is 0.372 e. The summed E-state index contributed by atoms with van der Waals surface area (Å²) < 4.78 is 6.16. The van der Waals surface area contributed by atoms with E-state index in [1.54, 1.807) is 6.07 Å². The summed E-state index contributed by atoms with van der Waals surface area (Å²) in [5.74, 6) is -1.07. The number of furan rings is 1. The summed E-state index contributed by atoms with van der Waals surface area (Å²) in [5, 5.41) is 10.3. The van der Waals surface area contributed by atoms with Crippen molar-refractivity contribution in [3.05, 3.63) is 33.0 Å². The second kappa shape index (κ2) is 4.70. The van der Waals surface area contributed by atoms with Gasteiger partial charge < -0.3 is 9.52 Å². The van der Waals surface area contributed by atoms with Gasteiger partial charge in [-0.3, -0.25) is 0 Å². The second-order valence-electron chi connectivity index (χ2n) is 3.73. The number of carboxylic acid groups (broad SMARTS) is 1. The maximum atomic E-state index is 11.1. The normalized spacial score (nSPS) is 11.0. The Labute approximate surface area is 111 Å². The minimum absolute atomic E-state index is 0.0122. The van der Waals surface area contributed by atoms with Crippen LogP contribution in [0.25, 0.3) is 11.0 Å². The number of aryl methyl sites for hydroxylation is 1. The molecule has 1 heterocycles. The number of hydrogen-bond donors (Lipinski definition) is 1. The fourth-order valence-electron chi connectivity index (χ4n) is 1.85. The lowest BCUT2D eigenvalue weighted by Crippen LogP contribution is -1.98. The van der Waals surface area contributed by atoms with Crippen molar-refractivity contribution < 1.29 is 14.3 Å². The predicted octanol–water partition coefficient (Wildman–Crippen LogP) is 4.50. The lowest BCUT2D eigenvalue weighted by molar-refractivity contribution is 0.0663. The highest BCUT2D eigenvalue weighted by atomic mass is 79.9. The molecule has 0 fully saturated rings. The van der Waals surface area contributed by atoms with E-state index in [9.17, 15) is 4.79 Å². The molecule has 0 spiro atoms. The van der Waals surface area contributed by atoms with E-state index in [0.29, 0.717) is 22.6 Å². The summed E-state index contributed by atoms with van der Waals surface area (Å²) in [6.07, 6.45) is 1.50. The zero-order valence-electron chi connectivity index (χ0n) is 9.09. The third kappa shape index (κ3) is 2.19. The molecule has 90 valence electrons. The summed E-state index contributed by atoms with van der Waals surface area (Å²) in [4.78, 5) is 11.1. The monoisotopic (exact) mass is 316 g/mol. The fourth-order valence-corrected chi connectivity index (χ4v) is 2.69. The van der Waals surface area contributed by atoms with Gasteiger partial charge in [0.2, 0.25) is 5.76 Å². The van der Waals surface area contributed by atoms with E-state index in [0.717, 1.165) is 16.3 Å². The molecule has 0 aliphatic rings. The summed E-state index contributed by atoms with van der Waals surface area (Å²) in [5.41, 5.74) is 1.15. The van der Waals surface area contributed by atoms with Crippen LogP contribution in [0.15, 0.2) is 21.0 Å². The van der Waals surface area contributed by atoms with Crippen LogP contribution in [0.5, 0.6) is 0 Å². The van der Waals surface area contributed by atoms with Crippen LogP contribution >= 0.6 is 27.5 Å². The van der Waals surface area contributed by atoms with Crippen molar-refractivity contribution >= 4 is 44.5 Å². The van der Waals surface area contributed by atoms with E-state index in [-0.39, 0.29) is 5.76 Å². The molecule has 0 aliphatic carbocycles. The Balaban J connectivity index is 2.79. The number of rotatable bonds is 3. The van der Waals surface area contributed by atoms with Crippen LogP contribution in [0.1, 0.15) is 29.5 Å². The Morgan fingerprint density at radius 2 is 2.24 bits per heavy atom.